The first kappa shape index (κ1) is 14.3. The van der Waals surface area contributed by atoms with Crippen molar-refractivity contribution in [3.63, 3.8) is 0 Å². The molecule has 0 saturated carbocycles. The van der Waals surface area contributed by atoms with Gasteiger partial charge < -0.3 is 14.3 Å². The van der Waals surface area contributed by atoms with Gasteiger partial charge in [0.25, 0.3) is 0 Å². The van der Waals surface area contributed by atoms with Crippen LogP contribution in [0.3, 0.4) is 0 Å². The molecule has 2 aromatic rings. The van der Waals surface area contributed by atoms with E-state index < -0.39 is 0 Å². The van der Waals surface area contributed by atoms with Gasteiger partial charge in [-0.1, -0.05) is 0 Å². The van der Waals surface area contributed by atoms with E-state index in [1.807, 2.05) is 0 Å². The highest BCUT2D eigenvalue weighted by Crippen LogP contribution is 2.25. The van der Waals surface area contributed by atoms with Crippen molar-refractivity contribution >= 4 is 16.8 Å². The van der Waals surface area contributed by atoms with Crippen LogP contribution in [0.1, 0.15) is 29.5 Å². The van der Waals surface area contributed by atoms with Gasteiger partial charge in [-0.2, -0.15) is 0 Å². The number of carbonyl (C=O) groups is 1. The molecule has 0 aliphatic carbocycles. The summed E-state index contributed by atoms with van der Waals surface area (Å²) in [5, 5.41) is 9.32. The zero-order valence-electron chi connectivity index (χ0n) is 11.4. The molecular formula is C15H16O5. The molecule has 0 spiro atoms. The van der Waals surface area contributed by atoms with E-state index in [9.17, 15) is 9.59 Å². The summed E-state index contributed by atoms with van der Waals surface area (Å²) in [5.74, 6) is 0.291. The zero-order valence-corrected chi connectivity index (χ0v) is 11.4. The van der Waals surface area contributed by atoms with Crippen LogP contribution in [0.15, 0.2) is 27.4 Å². The van der Waals surface area contributed by atoms with E-state index in [2.05, 4.69) is 0 Å². The Bertz CT molecular complexity index is 699. The first-order valence-corrected chi connectivity index (χ1v) is 6.33. The Hall–Kier alpha value is -2.14. The third kappa shape index (κ3) is 2.72. The second kappa shape index (κ2) is 5.88. The Morgan fingerprint density at radius 1 is 1.35 bits per heavy atom. The molecule has 0 atom stereocenters. The van der Waals surface area contributed by atoms with Crippen LogP contribution in [0.25, 0.3) is 11.0 Å². The van der Waals surface area contributed by atoms with Gasteiger partial charge in [-0.3, -0.25) is 9.59 Å². The molecule has 1 heterocycles. The summed E-state index contributed by atoms with van der Waals surface area (Å²) in [6.07, 6.45) is 1.07. The highest BCUT2D eigenvalue weighted by atomic mass is 16.5. The van der Waals surface area contributed by atoms with Crippen LogP contribution in [-0.2, 0) is 6.42 Å². The minimum Gasteiger partial charge on any atom is -0.497 e. The lowest BCUT2D eigenvalue weighted by Crippen LogP contribution is -2.07. The number of carbonyl (C=O) groups excluding carboxylic acids is 1. The second-order valence-corrected chi connectivity index (χ2v) is 4.52. The SMILES string of the molecule is COc1cc(CCCO)c2oc(C(C)=O)cc(=O)c2c1. The molecule has 1 N–H and O–H groups in total. The molecule has 1 aromatic heterocycles. The van der Waals surface area contributed by atoms with Gasteiger partial charge in [0.2, 0.25) is 0 Å². The molecular weight excluding hydrogens is 260 g/mol. The Balaban J connectivity index is 2.72. The van der Waals surface area contributed by atoms with Crippen LogP contribution in [0.4, 0.5) is 0 Å². The summed E-state index contributed by atoms with van der Waals surface area (Å²) in [4.78, 5) is 23.5. The number of ketones is 1. The number of aliphatic hydroxyl groups excluding tert-OH is 1. The molecule has 106 valence electrons. The molecule has 0 saturated heterocycles. The lowest BCUT2D eigenvalue weighted by molar-refractivity contribution is 0.0987. The smallest absolute Gasteiger partial charge is 0.195 e. The van der Waals surface area contributed by atoms with Crippen LogP contribution in [0, 0.1) is 0 Å². The van der Waals surface area contributed by atoms with Gasteiger partial charge in [-0.05, 0) is 30.5 Å². The fourth-order valence-electron chi connectivity index (χ4n) is 2.05. The normalized spacial score (nSPS) is 10.8. The molecule has 1 aromatic carbocycles. The van der Waals surface area contributed by atoms with E-state index in [0.29, 0.717) is 29.6 Å². The first-order valence-electron chi connectivity index (χ1n) is 6.33. The molecule has 0 aliphatic rings. The summed E-state index contributed by atoms with van der Waals surface area (Å²) in [5.41, 5.74) is 0.853. The number of aliphatic hydroxyl groups is 1. The van der Waals surface area contributed by atoms with E-state index in [0.717, 1.165) is 5.56 Å². The summed E-state index contributed by atoms with van der Waals surface area (Å²) in [7, 11) is 1.52. The van der Waals surface area contributed by atoms with E-state index in [4.69, 9.17) is 14.3 Å². The fraction of sp³-hybridized carbons (Fsp3) is 0.333. The maximum atomic E-state index is 12.1. The number of Topliss-reactive ketones (excluding diaryl/α,β-unsaturated/α-hetero) is 1. The quantitative estimate of drug-likeness (QED) is 0.844. The number of hydrogen-bond donors (Lipinski definition) is 1. The molecule has 0 aliphatic heterocycles. The topological polar surface area (TPSA) is 76.7 Å². The van der Waals surface area contributed by atoms with Gasteiger partial charge in [0.05, 0.1) is 12.5 Å². The standard InChI is InChI=1S/C15H16O5/c1-9(17)14-8-13(18)12-7-11(19-2)6-10(4-3-5-16)15(12)20-14/h6-8,16H,3-5H2,1-2H3. The predicted octanol–water partition coefficient (Wildman–Crippen LogP) is 1.93. The van der Waals surface area contributed by atoms with Crippen LogP contribution in [-0.4, -0.2) is 24.6 Å². The molecule has 0 amide bonds. The third-order valence-electron chi connectivity index (χ3n) is 3.07. The van der Waals surface area contributed by atoms with Crippen molar-refractivity contribution in [1.29, 1.82) is 0 Å². The average molecular weight is 276 g/mol. The van der Waals surface area contributed by atoms with E-state index in [-0.39, 0.29) is 23.6 Å². The minimum atomic E-state index is -0.298. The van der Waals surface area contributed by atoms with Crippen LogP contribution < -0.4 is 10.2 Å². The van der Waals surface area contributed by atoms with Gasteiger partial charge >= 0.3 is 0 Å². The third-order valence-corrected chi connectivity index (χ3v) is 3.07. The predicted molar refractivity (Wildman–Crippen MR) is 74.4 cm³/mol. The van der Waals surface area contributed by atoms with Crippen molar-refractivity contribution in [2.75, 3.05) is 13.7 Å². The van der Waals surface area contributed by atoms with Crippen LogP contribution in [0.5, 0.6) is 5.75 Å². The number of ether oxygens (including phenoxy) is 1. The van der Waals surface area contributed by atoms with Crippen molar-refractivity contribution in [2.45, 2.75) is 19.8 Å². The molecule has 0 bridgehead atoms. The van der Waals surface area contributed by atoms with Crippen LogP contribution in [0.2, 0.25) is 0 Å². The lowest BCUT2D eigenvalue weighted by Gasteiger charge is -2.09. The van der Waals surface area contributed by atoms with Gasteiger partial charge in [0.1, 0.15) is 11.3 Å². The lowest BCUT2D eigenvalue weighted by atomic mass is 10.0. The molecule has 0 unspecified atom stereocenters. The van der Waals surface area contributed by atoms with Crippen molar-refractivity contribution in [3.05, 3.63) is 39.7 Å². The monoisotopic (exact) mass is 276 g/mol. The Kier molecular flexibility index (Phi) is 4.20. The largest absolute Gasteiger partial charge is 0.497 e. The Morgan fingerprint density at radius 2 is 2.10 bits per heavy atom. The molecule has 2 rings (SSSR count). The Labute approximate surface area is 115 Å². The van der Waals surface area contributed by atoms with Gasteiger partial charge in [0, 0.05) is 19.6 Å². The van der Waals surface area contributed by atoms with Crippen molar-refractivity contribution in [1.82, 2.24) is 0 Å². The zero-order chi connectivity index (χ0) is 14.7. The van der Waals surface area contributed by atoms with Crippen molar-refractivity contribution in [3.8, 4) is 5.75 Å². The molecule has 5 heteroatoms. The number of aryl methyl sites for hydroxylation is 1. The summed E-state index contributed by atoms with van der Waals surface area (Å²) in [6.45, 7) is 1.39. The van der Waals surface area contributed by atoms with E-state index in [1.165, 1.54) is 20.1 Å². The fourth-order valence-corrected chi connectivity index (χ4v) is 2.05. The van der Waals surface area contributed by atoms with Gasteiger partial charge in [-0.25, -0.2) is 0 Å². The summed E-state index contributed by atoms with van der Waals surface area (Å²) < 4.78 is 10.7. The van der Waals surface area contributed by atoms with E-state index >= 15 is 0 Å². The van der Waals surface area contributed by atoms with Crippen molar-refractivity contribution in [2.24, 2.45) is 0 Å². The number of hydrogen-bond acceptors (Lipinski definition) is 5. The Morgan fingerprint density at radius 3 is 2.70 bits per heavy atom. The molecule has 0 fully saturated rings. The summed E-state index contributed by atoms with van der Waals surface area (Å²) in [6, 6.07) is 4.54. The number of benzene rings is 1. The molecule has 5 nitrogen and oxygen atoms in total. The summed E-state index contributed by atoms with van der Waals surface area (Å²) >= 11 is 0. The minimum absolute atomic E-state index is 0.0370. The second-order valence-electron chi connectivity index (χ2n) is 4.52. The van der Waals surface area contributed by atoms with Gasteiger partial charge in [-0.15, -0.1) is 0 Å². The highest BCUT2D eigenvalue weighted by molar-refractivity contribution is 5.93. The van der Waals surface area contributed by atoms with E-state index in [1.54, 1.807) is 12.1 Å². The maximum Gasteiger partial charge on any atom is 0.195 e. The average Bonchev–Trinajstić information content (AvgIpc) is 2.44. The van der Waals surface area contributed by atoms with Crippen LogP contribution >= 0.6 is 0 Å². The number of methoxy groups -OCH3 is 1. The number of rotatable bonds is 5. The first-order chi connectivity index (χ1) is 9.56. The molecule has 0 radical (unpaired) electrons. The van der Waals surface area contributed by atoms with Crippen molar-refractivity contribution < 1.29 is 19.1 Å². The maximum absolute atomic E-state index is 12.1. The molecule has 20 heavy (non-hydrogen) atoms. The van der Waals surface area contributed by atoms with Gasteiger partial charge in [0.15, 0.2) is 17.0 Å². The number of fused-ring (bicyclic) bond motifs is 1. The highest BCUT2D eigenvalue weighted by Gasteiger charge is 2.13.